The summed E-state index contributed by atoms with van der Waals surface area (Å²) < 4.78 is 18.4. The third kappa shape index (κ3) is 6.57. The standard InChI is InChI=1S/C19H29FN2O2/c1-15(2)24-13-3-10-21-19(23)17-8-11-22(12-9-17)14-16-4-6-18(20)7-5-16/h4-7,15,17H,3,8-14H2,1-2H3,(H,21,23). The van der Waals surface area contributed by atoms with Crippen molar-refractivity contribution in [2.75, 3.05) is 26.2 Å². The fourth-order valence-corrected chi connectivity index (χ4v) is 2.95. The average molecular weight is 336 g/mol. The minimum absolute atomic E-state index is 0.112. The largest absolute Gasteiger partial charge is 0.379 e. The Morgan fingerprint density at radius 2 is 1.96 bits per heavy atom. The Bertz CT molecular complexity index is 497. The molecule has 2 rings (SSSR count). The van der Waals surface area contributed by atoms with Gasteiger partial charge in [0.05, 0.1) is 6.10 Å². The molecular formula is C19H29FN2O2. The van der Waals surface area contributed by atoms with E-state index in [-0.39, 0.29) is 23.7 Å². The van der Waals surface area contributed by atoms with E-state index >= 15 is 0 Å². The van der Waals surface area contributed by atoms with Crippen molar-refractivity contribution >= 4 is 5.91 Å². The van der Waals surface area contributed by atoms with Crippen LogP contribution in [0.25, 0.3) is 0 Å². The van der Waals surface area contributed by atoms with Crippen LogP contribution in [0.5, 0.6) is 0 Å². The molecule has 1 aliphatic rings. The van der Waals surface area contributed by atoms with Gasteiger partial charge >= 0.3 is 0 Å². The molecule has 1 aromatic rings. The van der Waals surface area contributed by atoms with Crippen molar-refractivity contribution in [2.45, 2.75) is 45.8 Å². The molecule has 0 aliphatic carbocycles. The molecule has 1 aromatic carbocycles. The number of carbonyl (C=O) groups is 1. The first-order valence-corrected chi connectivity index (χ1v) is 8.90. The van der Waals surface area contributed by atoms with Crippen LogP contribution in [0.2, 0.25) is 0 Å². The highest BCUT2D eigenvalue weighted by atomic mass is 19.1. The molecule has 134 valence electrons. The molecule has 0 atom stereocenters. The van der Waals surface area contributed by atoms with E-state index in [1.807, 2.05) is 26.0 Å². The second-order valence-corrected chi connectivity index (χ2v) is 6.74. The number of carbonyl (C=O) groups excluding carboxylic acids is 1. The van der Waals surface area contributed by atoms with Crippen LogP contribution < -0.4 is 5.32 Å². The molecule has 0 spiro atoms. The van der Waals surface area contributed by atoms with Crippen LogP contribution in [0.1, 0.15) is 38.7 Å². The Morgan fingerprint density at radius 1 is 1.29 bits per heavy atom. The SMILES string of the molecule is CC(C)OCCCNC(=O)C1CCN(Cc2ccc(F)cc2)CC1. The lowest BCUT2D eigenvalue weighted by atomic mass is 9.95. The summed E-state index contributed by atoms with van der Waals surface area (Å²) in [6.45, 7) is 8.03. The van der Waals surface area contributed by atoms with Gasteiger partial charge in [0.2, 0.25) is 5.91 Å². The number of hydrogen-bond acceptors (Lipinski definition) is 3. The Balaban J connectivity index is 1.63. The van der Waals surface area contributed by atoms with E-state index in [0.717, 1.165) is 44.5 Å². The summed E-state index contributed by atoms with van der Waals surface area (Å²) in [6.07, 6.45) is 2.87. The van der Waals surface area contributed by atoms with E-state index < -0.39 is 0 Å². The van der Waals surface area contributed by atoms with Crippen LogP contribution in [0, 0.1) is 11.7 Å². The van der Waals surface area contributed by atoms with Crippen molar-refractivity contribution in [3.63, 3.8) is 0 Å². The van der Waals surface area contributed by atoms with Crippen molar-refractivity contribution in [3.8, 4) is 0 Å². The first kappa shape index (κ1) is 18.9. The number of halogens is 1. The van der Waals surface area contributed by atoms with Crippen molar-refractivity contribution in [1.82, 2.24) is 10.2 Å². The average Bonchev–Trinajstić information content (AvgIpc) is 2.57. The molecule has 4 nitrogen and oxygen atoms in total. The van der Waals surface area contributed by atoms with Crippen LogP contribution >= 0.6 is 0 Å². The Hall–Kier alpha value is -1.46. The quantitative estimate of drug-likeness (QED) is 0.742. The van der Waals surface area contributed by atoms with Gasteiger partial charge in [0.15, 0.2) is 0 Å². The number of piperidine rings is 1. The molecule has 5 heteroatoms. The summed E-state index contributed by atoms with van der Waals surface area (Å²) in [7, 11) is 0. The molecular weight excluding hydrogens is 307 g/mol. The van der Waals surface area contributed by atoms with Crippen LogP contribution in [0.3, 0.4) is 0 Å². The van der Waals surface area contributed by atoms with E-state index in [1.165, 1.54) is 12.1 Å². The summed E-state index contributed by atoms with van der Waals surface area (Å²) in [4.78, 5) is 14.5. The fourth-order valence-electron chi connectivity index (χ4n) is 2.95. The van der Waals surface area contributed by atoms with Gasteiger partial charge in [-0.05, 0) is 63.9 Å². The molecule has 1 aliphatic heterocycles. The third-order valence-electron chi connectivity index (χ3n) is 4.35. The number of amides is 1. The second-order valence-electron chi connectivity index (χ2n) is 6.74. The molecule has 1 fully saturated rings. The molecule has 1 N–H and O–H groups in total. The molecule has 0 saturated carbocycles. The highest BCUT2D eigenvalue weighted by Gasteiger charge is 2.24. The van der Waals surface area contributed by atoms with Crippen molar-refractivity contribution in [2.24, 2.45) is 5.92 Å². The van der Waals surface area contributed by atoms with E-state index in [4.69, 9.17) is 4.74 Å². The monoisotopic (exact) mass is 336 g/mol. The van der Waals surface area contributed by atoms with Gasteiger partial charge in [0.25, 0.3) is 0 Å². The van der Waals surface area contributed by atoms with E-state index in [1.54, 1.807) is 0 Å². The third-order valence-corrected chi connectivity index (χ3v) is 4.35. The summed E-state index contributed by atoms with van der Waals surface area (Å²) in [5, 5.41) is 3.02. The van der Waals surface area contributed by atoms with E-state index in [2.05, 4.69) is 10.2 Å². The van der Waals surface area contributed by atoms with Crippen molar-refractivity contribution in [1.29, 1.82) is 0 Å². The zero-order chi connectivity index (χ0) is 17.4. The predicted octanol–water partition coefficient (Wildman–Crippen LogP) is 2.97. The summed E-state index contributed by atoms with van der Waals surface area (Å²) >= 11 is 0. The minimum Gasteiger partial charge on any atom is -0.379 e. The molecule has 0 bridgehead atoms. The lowest BCUT2D eigenvalue weighted by Gasteiger charge is -2.31. The number of nitrogens with zero attached hydrogens (tertiary/aromatic N) is 1. The number of nitrogens with one attached hydrogen (secondary N) is 1. The van der Waals surface area contributed by atoms with Gasteiger partial charge in [-0.15, -0.1) is 0 Å². The zero-order valence-electron chi connectivity index (χ0n) is 14.8. The Kier molecular flexibility index (Phi) is 7.66. The van der Waals surface area contributed by atoms with Gasteiger partial charge < -0.3 is 10.1 Å². The van der Waals surface area contributed by atoms with Crippen molar-refractivity contribution in [3.05, 3.63) is 35.6 Å². The molecule has 1 saturated heterocycles. The first-order valence-electron chi connectivity index (χ1n) is 8.90. The predicted molar refractivity (Wildman–Crippen MR) is 93.1 cm³/mol. The molecule has 0 radical (unpaired) electrons. The molecule has 0 aromatic heterocycles. The molecule has 1 heterocycles. The second kappa shape index (κ2) is 9.74. The van der Waals surface area contributed by atoms with Gasteiger partial charge in [0, 0.05) is 25.6 Å². The van der Waals surface area contributed by atoms with Gasteiger partial charge in [-0.1, -0.05) is 12.1 Å². The van der Waals surface area contributed by atoms with Gasteiger partial charge in [-0.3, -0.25) is 9.69 Å². The number of likely N-dealkylation sites (tertiary alicyclic amines) is 1. The number of benzene rings is 1. The van der Waals surface area contributed by atoms with Crippen LogP contribution in [-0.4, -0.2) is 43.2 Å². The van der Waals surface area contributed by atoms with Crippen LogP contribution in [-0.2, 0) is 16.1 Å². The minimum atomic E-state index is -0.201. The zero-order valence-corrected chi connectivity index (χ0v) is 14.8. The maximum absolute atomic E-state index is 12.9. The molecule has 24 heavy (non-hydrogen) atoms. The van der Waals surface area contributed by atoms with Gasteiger partial charge in [-0.2, -0.15) is 0 Å². The normalized spacial score (nSPS) is 16.5. The summed E-state index contributed by atoms with van der Waals surface area (Å²) in [5.41, 5.74) is 1.12. The summed E-state index contributed by atoms with van der Waals surface area (Å²) in [5.74, 6) is 0.0781. The number of ether oxygens (including phenoxy) is 1. The first-order chi connectivity index (χ1) is 11.5. The maximum Gasteiger partial charge on any atom is 0.223 e. The fraction of sp³-hybridized carbons (Fsp3) is 0.632. The maximum atomic E-state index is 12.9. The van der Waals surface area contributed by atoms with E-state index in [0.29, 0.717) is 13.2 Å². The lowest BCUT2D eigenvalue weighted by Crippen LogP contribution is -2.40. The van der Waals surface area contributed by atoms with Gasteiger partial charge in [-0.25, -0.2) is 4.39 Å². The Morgan fingerprint density at radius 3 is 2.58 bits per heavy atom. The van der Waals surface area contributed by atoms with Gasteiger partial charge in [0.1, 0.15) is 5.82 Å². The number of rotatable bonds is 8. The number of hydrogen-bond donors (Lipinski definition) is 1. The topological polar surface area (TPSA) is 41.6 Å². The molecule has 1 amide bonds. The van der Waals surface area contributed by atoms with E-state index in [9.17, 15) is 9.18 Å². The highest BCUT2D eigenvalue weighted by Crippen LogP contribution is 2.19. The Labute approximate surface area is 144 Å². The lowest BCUT2D eigenvalue weighted by molar-refractivity contribution is -0.126. The highest BCUT2D eigenvalue weighted by molar-refractivity contribution is 5.78. The van der Waals surface area contributed by atoms with Crippen LogP contribution in [0.4, 0.5) is 4.39 Å². The van der Waals surface area contributed by atoms with Crippen molar-refractivity contribution < 1.29 is 13.9 Å². The molecule has 0 unspecified atom stereocenters. The van der Waals surface area contributed by atoms with Crippen LogP contribution in [0.15, 0.2) is 24.3 Å². The smallest absolute Gasteiger partial charge is 0.223 e. The summed E-state index contributed by atoms with van der Waals surface area (Å²) in [6, 6.07) is 6.65.